The first-order valence-corrected chi connectivity index (χ1v) is 15.0. The first-order chi connectivity index (χ1) is 20.2. The number of ether oxygens (including phenoxy) is 1. The van der Waals surface area contributed by atoms with Crippen molar-refractivity contribution < 1.29 is 22.8 Å². The van der Waals surface area contributed by atoms with Crippen LogP contribution in [0, 0.1) is 37.3 Å². The van der Waals surface area contributed by atoms with Crippen molar-refractivity contribution in [2.24, 2.45) is 11.8 Å². The van der Waals surface area contributed by atoms with E-state index in [0.29, 0.717) is 5.69 Å². The van der Waals surface area contributed by atoms with E-state index in [-0.39, 0.29) is 34.9 Å². The van der Waals surface area contributed by atoms with Crippen LogP contribution in [0.4, 0.5) is 14.5 Å². The van der Waals surface area contributed by atoms with Crippen LogP contribution in [0.25, 0.3) is 22.2 Å². The number of aryl methyl sites for hydroxylation is 2. The van der Waals surface area contributed by atoms with Crippen molar-refractivity contribution >= 4 is 22.6 Å². The van der Waals surface area contributed by atoms with Crippen molar-refractivity contribution in [1.29, 1.82) is 0 Å². The predicted molar refractivity (Wildman–Crippen MR) is 153 cm³/mol. The van der Waals surface area contributed by atoms with E-state index < -0.39 is 11.6 Å². The second kappa shape index (κ2) is 8.96. The molecule has 3 heterocycles. The number of imidazole rings is 1. The zero-order valence-corrected chi connectivity index (χ0v) is 24.1. The SMILES string of the molecule is COC12CCC(n3c(C4CC5CC5C(=O)N4c4ccc(F)c(F)c4)nc4cc(-c5c(C)noc5C)ccc43)(CC1)CC2. The molecule has 0 N–H and O–H groups in total. The minimum Gasteiger partial charge on any atom is -0.378 e. The molecule has 3 atom stereocenters. The van der Waals surface area contributed by atoms with Crippen LogP contribution >= 0.6 is 0 Å². The van der Waals surface area contributed by atoms with Gasteiger partial charge in [-0.05, 0) is 101 Å². The second-order valence-electron chi connectivity index (χ2n) is 13.0. The number of rotatable bonds is 5. The maximum Gasteiger partial charge on any atom is 0.231 e. The number of hydrogen-bond donors (Lipinski definition) is 0. The highest BCUT2D eigenvalue weighted by molar-refractivity contribution is 5.98. The standard InChI is InChI=1S/C33H34F2N4O3/c1-18-29(19(2)42-37-18)20-4-7-27-26(15-20)36-30(39(27)32-8-11-33(41-3,12-9-32)13-10-32)28-16-21-14-23(21)31(40)38(28)22-5-6-24(34)25(35)17-22/h4-7,15,17,21,23,28H,8-14,16H2,1-3H3. The van der Waals surface area contributed by atoms with Crippen LogP contribution in [0.3, 0.4) is 0 Å². The molecular weight excluding hydrogens is 538 g/mol. The van der Waals surface area contributed by atoms with E-state index in [2.05, 4.69) is 27.9 Å². The maximum atomic E-state index is 14.5. The summed E-state index contributed by atoms with van der Waals surface area (Å²) in [7, 11) is 1.83. The monoisotopic (exact) mass is 572 g/mol. The summed E-state index contributed by atoms with van der Waals surface area (Å²) in [5.74, 6) is -0.106. The average Bonchev–Trinajstić information content (AvgIpc) is 3.58. The Morgan fingerprint density at radius 2 is 1.74 bits per heavy atom. The Labute approximate surface area is 242 Å². The fraction of sp³-hybridized carbons (Fsp3) is 0.485. The number of fused-ring (bicyclic) bond motifs is 5. The Morgan fingerprint density at radius 1 is 0.976 bits per heavy atom. The molecule has 9 rings (SSSR count). The Morgan fingerprint density at radius 3 is 2.40 bits per heavy atom. The molecule has 2 bridgehead atoms. The van der Waals surface area contributed by atoms with E-state index in [1.165, 1.54) is 6.07 Å². The third-order valence-electron chi connectivity index (χ3n) is 10.8. The van der Waals surface area contributed by atoms with E-state index in [1.54, 1.807) is 4.90 Å². The molecule has 3 unspecified atom stereocenters. The van der Waals surface area contributed by atoms with Gasteiger partial charge in [-0.25, -0.2) is 13.8 Å². The number of methoxy groups -OCH3 is 1. The molecule has 7 nitrogen and oxygen atoms in total. The summed E-state index contributed by atoms with van der Waals surface area (Å²) in [5, 5.41) is 4.15. The van der Waals surface area contributed by atoms with Gasteiger partial charge < -0.3 is 18.7 Å². The Kier molecular flexibility index (Phi) is 5.56. The Bertz CT molecular complexity index is 1720. The van der Waals surface area contributed by atoms with Crippen LogP contribution in [0.2, 0.25) is 0 Å². The van der Waals surface area contributed by atoms with E-state index in [9.17, 15) is 13.6 Å². The number of halogens is 2. The van der Waals surface area contributed by atoms with Crippen molar-refractivity contribution in [3.8, 4) is 11.1 Å². The van der Waals surface area contributed by atoms with E-state index in [1.807, 2.05) is 21.0 Å². The summed E-state index contributed by atoms with van der Waals surface area (Å²) in [6.07, 6.45) is 7.37. The Hall–Kier alpha value is -3.59. The zero-order valence-electron chi connectivity index (χ0n) is 24.1. The lowest BCUT2D eigenvalue weighted by atomic mass is 9.62. The number of benzene rings is 2. The van der Waals surface area contributed by atoms with Crippen LogP contribution in [-0.2, 0) is 15.1 Å². The van der Waals surface area contributed by atoms with Crippen molar-refractivity contribution in [1.82, 2.24) is 14.7 Å². The normalized spacial score (nSPS) is 30.3. The molecule has 0 radical (unpaired) electrons. The lowest BCUT2D eigenvalue weighted by molar-refractivity contribution is -0.121. The summed E-state index contributed by atoms with van der Waals surface area (Å²) in [5.41, 5.74) is 4.81. The van der Waals surface area contributed by atoms with Crippen LogP contribution in [-0.4, -0.2) is 33.3 Å². The lowest BCUT2D eigenvalue weighted by Crippen LogP contribution is -2.53. The van der Waals surface area contributed by atoms with Crippen molar-refractivity contribution in [3.05, 3.63) is 65.3 Å². The number of piperidine rings is 1. The van der Waals surface area contributed by atoms with E-state index >= 15 is 0 Å². The number of anilines is 1. The smallest absolute Gasteiger partial charge is 0.231 e. The highest BCUT2D eigenvalue weighted by Gasteiger charge is 2.56. The summed E-state index contributed by atoms with van der Waals surface area (Å²) in [4.78, 5) is 20.8. The first kappa shape index (κ1) is 26.1. The molecule has 218 valence electrons. The number of aromatic nitrogens is 3. The molecule has 5 aliphatic rings. The van der Waals surface area contributed by atoms with Gasteiger partial charge in [0.1, 0.15) is 11.6 Å². The van der Waals surface area contributed by atoms with Crippen molar-refractivity contribution in [3.63, 3.8) is 0 Å². The van der Waals surface area contributed by atoms with Gasteiger partial charge in [-0.2, -0.15) is 0 Å². The number of amides is 1. The molecule has 4 aromatic rings. The fourth-order valence-corrected chi connectivity index (χ4v) is 8.34. The van der Waals surface area contributed by atoms with Crippen molar-refractivity contribution in [2.75, 3.05) is 12.0 Å². The summed E-state index contributed by atoms with van der Waals surface area (Å²) in [6, 6.07) is 9.73. The molecule has 1 aliphatic heterocycles. The van der Waals surface area contributed by atoms with Crippen LogP contribution in [0.15, 0.2) is 40.9 Å². The largest absolute Gasteiger partial charge is 0.378 e. The molecule has 0 spiro atoms. The minimum absolute atomic E-state index is 0.0273. The van der Waals surface area contributed by atoms with Gasteiger partial charge in [0.2, 0.25) is 5.91 Å². The van der Waals surface area contributed by atoms with Gasteiger partial charge in [0, 0.05) is 35.9 Å². The highest BCUT2D eigenvalue weighted by atomic mass is 19.2. The predicted octanol–water partition coefficient (Wildman–Crippen LogP) is 7.15. The number of nitrogens with zero attached hydrogens (tertiary/aromatic N) is 4. The molecule has 4 aliphatic carbocycles. The van der Waals surface area contributed by atoms with Gasteiger partial charge in [-0.1, -0.05) is 11.2 Å². The third kappa shape index (κ3) is 3.68. The number of carbonyl (C=O) groups excluding carboxylic acids is 1. The number of carbonyl (C=O) groups is 1. The molecule has 1 saturated heterocycles. The molecule has 9 heteroatoms. The van der Waals surface area contributed by atoms with Gasteiger partial charge in [-0.15, -0.1) is 0 Å². The number of hydrogen-bond acceptors (Lipinski definition) is 5. The van der Waals surface area contributed by atoms with Crippen LogP contribution in [0.5, 0.6) is 0 Å². The fourth-order valence-electron chi connectivity index (χ4n) is 8.34. The lowest BCUT2D eigenvalue weighted by Gasteiger charge is -2.54. The quantitative estimate of drug-likeness (QED) is 0.254. The highest BCUT2D eigenvalue weighted by Crippen LogP contribution is 2.57. The topological polar surface area (TPSA) is 73.4 Å². The minimum atomic E-state index is -0.955. The average molecular weight is 573 g/mol. The van der Waals surface area contributed by atoms with Gasteiger partial charge in [0.15, 0.2) is 11.6 Å². The van der Waals surface area contributed by atoms with Gasteiger partial charge in [-0.3, -0.25) is 4.79 Å². The summed E-state index contributed by atoms with van der Waals surface area (Å²) >= 11 is 0. The van der Waals surface area contributed by atoms with E-state index in [4.69, 9.17) is 14.2 Å². The maximum absolute atomic E-state index is 14.5. The summed E-state index contributed by atoms with van der Waals surface area (Å²) < 4.78 is 42.4. The third-order valence-corrected chi connectivity index (χ3v) is 10.8. The first-order valence-electron chi connectivity index (χ1n) is 15.0. The van der Waals surface area contributed by atoms with E-state index in [0.717, 1.165) is 103 Å². The molecular formula is C33H34F2N4O3. The summed E-state index contributed by atoms with van der Waals surface area (Å²) in [6.45, 7) is 3.85. The molecule has 42 heavy (non-hydrogen) atoms. The van der Waals surface area contributed by atoms with Gasteiger partial charge in [0.05, 0.1) is 28.4 Å². The molecule has 4 saturated carbocycles. The van der Waals surface area contributed by atoms with Crippen LogP contribution in [0.1, 0.15) is 74.7 Å². The van der Waals surface area contributed by atoms with Gasteiger partial charge >= 0.3 is 0 Å². The molecule has 2 aromatic heterocycles. The molecule has 2 aromatic carbocycles. The molecule has 5 fully saturated rings. The van der Waals surface area contributed by atoms with Crippen LogP contribution < -0.4 is 4.90 Å². The Balaban J connectivity index is 1.33. The second-order valence-corrected chi connectivity index (χ2v) is 13.0. The van der Waals surface area contributed by atoms with Gasteiger partial charge in [0.25, 0.3) is 0 Å². The van der Waals surface area contributed by atoms with Crippen molar-refractivity contribution in [2.45, 2.75) is 82.4 Å². The zero-order chi connectivity index (χ0) is 29.0. The molecule has 1 amide bonds.